The summed E-state index contributed by atoms with van der Waals surface area (Å²) in [7, 11) is 1.84. The van der Waals surface area contributed by atoms with Crippen LogP contribution in [0.4, 0.5) is 15.8 Å². The number of halogens is 1. The van der Waals surface area contributed by atoms with Crippen LogP contribution in [0, 0.1) is 12.7 Å². The van der Waals surface area contributed by atoms with Gasteiger partial charge in [-0.1, -0.05) is 12.1 Å². The maximum Gasteiger partial charge on any atom is 0.267 e. The first kappa shape index (κ1) is 29.2. The smallest absolute Gasteiger partial charge is 0.267 e. The highest BCUT2D eigenvalue weighted by molar-refractivity contribution is 6.04. The number of carbonyl (C=O) groups is 1. The van der Waals surface area contributed by atoms with Crippen molar-refractivity contribution in [3.63, 3.8) is 0 Å². The minimum atomic E-state index is -0.596. The van der Waals surface area contributed by atoms with Crippen molar-refractivity contribution in [3.05, 3.63) is 131 Å². The SMILES string of the molecule is Cc1nn(C)cc1-c1oc2ncnc(Oc3ccc(NC(=O)c4cccn(-c5ccc(F)cc5)c4=O)cc3)c2c1-c1cccc(N)c1. The Morgan fingerprint density at radius 2 is 1.79 bits per heavy atom. The fourth-order valence-electron chi connectivity index (χ4n) is 5.35. The van der Waals surface area contributed by atoms with Crippen molar-refractivity contribution in [1.29, 1.82) is 0 Å². The Labute approximate surface area is 266 Å². The summed E-state index contributed by atoms with van der Waals surface area (Å²) < 4.78 is 28.9. The lowest BCUT2D eigenvalue weighted by atomic mass is 9.99. The molecule has 0 saturated heterocycles. The largest absolute Gasteiger partial charge is 0.438 e. The number of rotatable bonds is 7. The highest BCUT2D eigenvalue weighted by Gasteiger charge is 2.25. The number of amides is 1. The number of benzene rings is 3. The number of carbonyl (C=O) groups excluding carboxylic acids is 1. The van der Waals surface area contributed by atoms with Crippen molar-refractivity contribution in [2.75, 3.05) is 11.1 Å². The zero-order valence-corrected chi connectivity index (χ0v) is 25.1. The van der Waals surface area contributed by atoms with E-state index in [4.69, 9.17) is 14.9 Å². The van der Waals surface area contributed by atoms with E-state index in [-0.39, 0.29) is 11.4 Å². The van der Waals surface area contributed by atoms with E-state index in [2.05, 4.69) is 20.4 Å². The summed E-state index contributed by atoms with van der Waals surface area (Å²) in [5.74, 6) is 0.218. The summed E-state index contributed by atoms with van der Waals surface area (Å²) in [5.41, 5.74) is 10.4. The van der Waals surface area contributed by atoms with Crippen molar-refractivity contribution in [2.45, 2.75) is 6.92 Å². The van der Waals surface area contributed by atoms with E-state index in [0.717, 1.165) is 16.8 Å². The summed E-state index contributed by atoms with van der Waals surface area (Å²) in [6.45, 7) is 1.90. The second-order valence-corrected chi connectivity index (χ2v) is 10.7. The Morgan fingerprint density at radius 3 is 2.51 bits per heavy atom. The minimum Gasteiger partial charge on any atom is -0.438 e. The summed E-state index contributed by atoms with van der Waals surface area (Å²) in [5, 5.41) is 7.77. The van der Waals surface area contributed by atoms with Gasteiger partial charge < -0.3 is 20.2 Å². The molecular formula is C35H26FN7O4. The Kier molecular flexibility index (Phi) is 7.29. The maximum absolute atomic E-state index is 13.4. The van der Waals surface area contributed by atoms with E-state index in [1.54, 1.807) is 41.1 Å². The predicted octanol–water partition coefficient (Wildman–Crippen LogP) is 6.52. The molecule has 232 valence electrons. The lowest BCUT2D eigenvalue weighted by Crippen LogP contribution is -2.27. The van der Waals surface area contributed by atoms with E-state index in [1.807, 2.05) is 38.4 Å². The molecule has 4 heterocycles. The van der Waals surface area contributed by atoms with Crippen LogP contribution in [0.25, 0.3) is 39.2 Å². The van der Waals surface area contributed by atoms with Gasteiger partial charge in [0.25, 0.3) is 11.5 Å². The van der Waals surface area contributed by atoms with E-state index in [1.165, 1.54) is 47.4 Å². The average Bonchev–Trinajstić information content (AvgIpc) is 3.61. The molecule has 3 aromatic carbocycles. The lowest BCUT2D eigenvalue weighted by molar-refractivity contribution is 0.102. The second kappa shape index (κ2) is 11.7. The van der Waals surface area contributed by atoms with E-state index in [0.29, 0.717) is 45.2 Å². The average molecular weight is 628 g/mol. The number of nitrogens with two attached hydrogens (primary N) is 1. The number of hydrogen-bond acceptors (Lipinski definition) is 8. The molecule has 11 nitrogen and oxygen atoms in total. The van der Waals surface area contributed by atoms with Gasteiger partial charge in [0, 0.05) is 42.1 Å². The molecule has 0 aliphatic rings. The van der Waals surface area contributed by atoms with Crippen LogP contribution >= 0.6 is 0 Å². The molecule has 4 aromatic heterocycles. The Balaban J connectivity index is 1.19. The second-order valence-electron chi connectivity index (χ2n) is 10.7. The number of furan rings is 1. The quantitative estimate of drug-likeness (QED) is 0.190. The predicted molar refractivity (Wildman–Crippen MR) is 175 cm³/mol. The van der Waals surface area contributed by atoms with Crippen LogP contribution in [0.3, 0.4) is 0 Å². The number of ether oxygens (including phenoxy) is 1. The van der Waals surface area contributed by atoms with Gasteiger partial charge in [-0.05, 0) is 85.3 Å². The van der Waals surface area contributed by atoms with Crippen LogP contribution in [-0.2, 0) is 7.05 Å². The van der Waals surface area contributed by atoms with Crippen molar-refractivity contribution in [3.8, 4) is 39.8 Å². The number of nitrogen functional groups attached to an aromatic ring is 1. The summed E-state index contributed by atoms with van der Waals surface area (Å²) in [6.07, 6.45) is 4.75. The first-order valence-electron chi connectivity index (χ1n) is 14.5. The number of aryl methyl sites for hydroxylation is 2. The Morgan fingerprint density at radius 1 is 1.00 bits per heavy atom. The zero-order valence-electron chi connectivity index (χ0n) is 25.1. The monoisotopic (exact) mass is 627 g/mol. The maximum atomic E-state index is 13.4. The number of fused-ring (bicyclic) bond motifs is 1. The van der Waals surface area contributed by atoms with Gasteiger partial charge in [-0.15, -0.1) is 0 Å². The molecule has 47 heavy (non-hydrogen) atoms. The highest BCUT2D eigenvalue weighted by Crippen LogP contribution is 2.45. The van der Waals surface area contributed by atoms with E-state index < -0.39 is 17.3 Å². The first-order chi connectivity index (χ1) is 22.7. The number of nitrogens with one attached hydrogen (secondary N) is 1. The Bertz CT molecular complexity index is 2340. The third kappa shape index (κ3) is 5.59. The van der Waals surface area contributed by atoms with Gasteiger partial charge in [0.1, 0.15) is 34.6 Å². The molecule has 0 atom stereocenters. The highest BCUT2D eigenvalue weighted by atomic mass is 19.1. The van der Waals surface area contributed by atoms with Crippen LogP contribution in [0.5, 0.6) is 11.6 Å². The van der Waals surface area contributed by atoms with Gasteiger partial charge in [0.05, 0.1) is 11.3 Å². The van der Waals surface area contributed by atoms with Gasteiger partial charge in [-0.25, -0.2) is 14.4 Å². The standard InChI is InChI=1S/C35H26FN7O4/c1-20-28(18-42(2)41-20)31-29(21-5-3-6-23(37)17-21)30-33(38-19-39-34(30)47-31)46-26-14-10-24(11-15-26)40-32(44)27-7-4-16-43(35(27)45)25-12-8-22(36)9-13-25/h3-19H,37H2,1-2H3,(H,40,44). The fraction of sp³-hybridized carbons (Fsp3) is 0.0571. The van der Waals surface area contributed by atoms with Crippen molar-refractivity contribution < 1.29 is 18.3 Å². The molecule has 0 bridgehead atoms. The summed E-state index contributed by atoms with van der Waals surface area (Å²) in [6, 6.07) is 22.5. The molecule has 7 aromatic rings. The molecule has 0 aliphatic carbocycles. The topological polar surface area (TPSA) is 143 Å². The molecule has 0 saturated carbocycles. The number of hydrogen-bond donors (Lipinski definition) is 2. The fourth-order valence-corrected chi connectivity index (χ4v) is 5.35. The third-order valence-electron chi connectivity index (χ3n) is 7.51. The molecule has 1 amide bonds. The summed E-state index contributed by atoms with van der Waals surface area (Å²) >= 11 is 0. The Hall–Kier alpha value is -6.56. The summed E-state index contributed by atoms with van der Waals surface area (Å²) in [4.78, 5) is 35.0. The number of aromatic nitrogens is 5. The number of pyridine rings is 1. The number of nitrogens with zero attached hydrogens (tertiary/aromatic N) is 5. The third-order valence-corrected chi connectivity index (χ3v) is 7.51. The molecular weight excluding hydrogens is 601 g/mol. The normalized spacial score (nSPS) is 11.1. The van der Waals surface area contributed by atoms with Crippen LogP contribution in [0.2, 0.25) is 0 Å². The number of anilines is 2. The molecule has 0 aliphatic heterocycles. The molecule has 0 spiro atoms. The molecule has 0 fully saturated rings. The molecule has 7 rings (SSSR count). The van der Waals surface area contributed by atoms with Gasteiger partial charge >= 0.3 is 0 Å². The lowest BCUT2D eigenvalue weighted by Gasteiger charge is -2.10. The van der Waals surface area contributed by atoms with Crippen LogP contribution in [0.1, 0.15) is 16.1 Å². The van der Waals surface area contributed by atoms with Gasteiger partial charge in [-0.3, -0.25) is 18.8 Å². The molecule has 12 heteroatoms. The van der Waals surface area contributed by atoms with Gasteiger partial charge in [0.2, 0.25) is 11.6 Å². The van der Waals surface area contributed by atoms with Crippen molar-refractivity contribution >= 4 is 28.4 Å². The van der Waals surface area contributed by atoms with Crippen molar-refractivity contribution in [2.24, 2.45) is 7.05 Å². The molecule has 0 radical (unpaired) electrons. The van der Waals surface area contributed by atoms with E-state index in [9.17, 15) is 14.0 Å². The van der Waals surface area contributed by atoms with E-state index >= 15 is 0 Å². The first-order valence-corrected chi connectivity index (χ1v) is 14.5. The minimum absolute atomic E-state index is 0.0748. The van der Waals surface area contributed by atoms with Crippen molar-refractivity contribution in [1.82, 2.24) is 24.3 Å². The van der Waals surface area contributed by atoms with Crippen LogP contribution in [-0.4, -0.2) is 30.2 Å². The van der Waals surface area contributed by atoms with Gasteiger partial charge in [-0.2, -0.15) is 5.10 Å². The van der Waals surface area contributed by atoms with Crippen LogP contribution in [0.15, 0.2) is 113 Å². The molecule has 0 unspecified atom stereocenters. The van der Waals surface area contributed by atoms with Gasteiger partial charge in [0.15, 0.2) is 0 Å². The molecule has 3 N–H and O–H groups in total. The zero-order chi connectivity index (χ0) is 32.7. The van der Waals surface area contributed by atoms with Crippen LogP contribution < -0.4 is 21.3 Å².